The molecule has 1 rings (SSSR count). The van der Waals surface area contributed by atoms with Crippen molar-refractivity contribution in [2.45, 2.75) is 33.4 Å². The van der Waals surface area contributed by atoms with Gasteiger partial charge < -0.3 is 14.8 Å². The average molecular weight is 279 g/mol. The number of hydrogen-bond donors (Lipinski definition) is 1. The molecule has 1 aromatic carbocycles. The maximum absolute atomic E-state index is 11.6. The number of hydrogen-bond acceptors (Lipinski definition) is 4. The summed E-state index contributed by atoms with van der Waals surface area (Å²) in [5.74, 6) is -0.307. The van der Waals surface area contributed by atoms with Crippen molar-refractivity contribution in [3.63, 3.8) is 0 Å². The van der Waals surface area contributed by atoms with Gasteiger partial charge in [0.25, 0.3) is 0 Å². The molecule has 0 spiro atoms. The second kappa shape index (κ2) is 8.19. The molecule has 2 atom stereocenters. The van der Waals surface area contributed by atoms with E-state index in [1.54, 1.807) is 0 Å². The summed E-state index contributed by atoms with van der Waals surface area (Å²) in [6.07, 6.45) is -0.476. The van der Waals surface area contributed by atoms with Gasteiger partial charge in [0.2, 0.25) is 0 Å². The summed E-state index contributed by atoms with van der Waals surface area (Å²) in [6.45, 7) is 5.61. The molecule has 1 amide bonds. The Kier molecular flexibility index (Phi) is 6.56. The number of ether oxygens (including phenoxy) is 2. The third kappa shape index (κ3) is 6.22. The van der Waals surface area contributed by atoms with Crippen LogP contribution in [0.25, 0.3) is 0 Å². The zero-order valence-corrected chi connectivity index (χ0v) is 12.1. The number of amides is 1. The van der Waals surface area contributed by atoms with Crippen molar-refractivity contribution < 1.29 is 19.1 Å². The van der Waals surface area contributed by atoms with Crippen LogP contribution in [0.1, 0.15) is 26.3 Å². The minimum atomic E-state index is -0.476. The summed E-state index contributed by atoms with van der Waals surface area (Å²) >= 11 is 0. The molecule has 1 aromatic rings. The molecule has 0 bridgehead atoms. The number of carbonyl (C=O) groups is 2. The Labute approximate surface area is 119 Å². The SMILES string of the molecule is CC(=O)OCC(C)C(C)NC(=O)OCc1ccccc1. The fraction of sp³-hybridized carbons (Fsp3) is 0.467. The maximum Gasteiger partial charge on any atom is 0.407 e. The fourth-order valence-electron chi connectivity index (χ4n) is 1.49. The van der Waals surface area contributed by atoms with Gasteiger partial charge in [0.1, 0.15) is 6.61 Å². The lowest BCUT2D eigenvalue weighted by Crippen LogP contribution is -2.39. The van der Waals surface area contributed by atoms with Crippen molar-refractivity contribution in [2.24, 2.45) is 5.92 Å². The van der Waals surface area contributed by atoms with Gasteiger partial charge in [-0.15, -0.1) is 0 Å². The summed E-state index contributed by atoms with van der Waals surface area (Å²) in [5.41, 5.74) is 0.934. The first kappa shape index (κ1) is 16.0. The number of carbonyl (C=O) groups excluding carboxylic acids is 2. The van der Waals surface area contributed by atoms with Crippen LogP contribution in [0.15, 0.2) is 30.3 Å². The summed E-state index contributed by atoms with van der Waals surface area (Å²) in [4.78, 5) is 22.3. The minimum Gasteiger partial charge on any atom is -0.466 e. The van der Waals surface area contributed by atoms with Crippen LogP contribution in [-0.4, -0.2) is 24.7 Å². The molecule has 5 heteroatoms. The zero-order chi connectivity index (χ0) is 15.0. The molecule has 0 heterocycles. The molecule has 0 saturated carbocycles. The Hall–Kier alpha value is -2.04. The molecular formula is C15H21NO4. The molecule has 5 nitrogen and oxygen atoms in total. The van der Waals surface area contributed by atoms with Crippen molar-refractivity contribution in [1.82, 2.24) is 5.32 Å². The Balaban J connectivity index is 2.29. The van der Waals surface area contributed by atoms with Crippen LogP contribution < -0.4 is 5.32 Å². The number of rotatable bonds is 6. The average Bonchev–Trinajstić information content (AvgIpc) is 2.43. The highest BCUT2D eigenvalue weighted by molar-refractivity contribution is 5.67. The molecular weight excluding hydrogens is 258 g/mol. The van der Waals surface area contributed by atoms with Gasteiger partial charge in [0.05, 0.1) is 6.61 Å². The van der Waals surface area contributed by atoms with Crippen molar-refractivity contribution in [2.75, 3.05) is 6.61 Å². The van der Waals surface area contributed by atoms with Gasteiger partial charge in [-0.25, -0.2) is 4.79 Å². The van der Waals surface area contributed by atoms with Crippen LogP contribution in [0, 0.1) is 5.92 Å². The summed E-state index contributed by atoms with van der Waals surface area (Å²) in [5, 5.41) is 2.72. The van der Waals surface area contributed by atoms with Crippen molar-refractivity contribution in [1.29, 1.82) is 0 Å². The van der Waals surface area contributed by atoms with Crippen LogP contribution in [-0.2, 0) is 20.9 Å². The molecule has 0 radical (unpaired) electrons. The van der Waals surface area contributed by atoms with Crippen LogP contribution in [0.2, 0.25) is 0 Å². The predicted octanol–water partition coefficient (Wildman–Crippen LogP) is 2.50. The van der Waals surface area contributed by atoms with Crippen LogP contribution >= 0.6 is 0 Å². The van der Waals surface area contributed by atoms with Gasteiger partial charge in [-0.1, -0.05) is 37.3 Å². The van der Waals surface area contributed by atoms with Crippen molar-refractivity contribution in [3.8, 4) is 0 Å². The topological polar surface area (TPSA) is 64.6 Å². The largest absolute Gasteiger partial charge is 0.466 e. The molecule has 0 aliphatic heterocycles. The summed E-state index contributed by atoms with van der Waals surface area (Å²) in [6, 6.07) is 9.32. The van der Waals surface area contributed by atoms with E-state index in [0.29, 0.717) is 0 Å². The van der Waals surface area contributed by atoms with Crippen LogP contribution in [0.4, 0.5) is 4.79 Å². The molecule has 0 aromatic heterocycles. The second-order valence-electron chi connectivity index (χ2n) is 4.77. The standard InChI is InChI=1S/C15H21NO4/c1-11(9-19-13(3)17)12(2)16-15(18)20-10-14-7-5-4-6-8-14/h4-8,11-12H,9-10H2,1-3H3,(H,16,18). The monoisotopic (exact) mass is 279 g/mol. The highest BCUT2D eigenvalue weighted by atomic mass is 16.5. The smallest absolute Gasteiger partial charge is 0.407 e. The van der Waals surface area contributed by atoms with Gasteiger partial charge in [-0.05, 0) is 12.5 Å². The first-order valence-electron chi connectivity index (χ1n) is 6.59. The predicted molar refractivity (Wildman–Crippen MR) is 75.0 cm³/mol. The molecule has 1 N–H and O–H groups in total. The highest BCUT2D eigenvalue weighted by Gasteiger charge is 2.16. The maximum atomic E-state index is 11.6. The lowest BCUT2D eigenvalue weighted by molar-refractivity contribution is -0.142. The Morgan fingerprint density at radius 3 is 2.40 bits per heavy atom. The van der Waals surface area contributed by atoms with Crippen molar-refractivity contribution >= 4 is 12.1 Å². The number of esters is 1. The van der Waals surface area contributed by atoms with E-state index in [0.717, 1.165) is 5.56 Å². The van der Waals surface area contributed by atoms with Gasteiger partial charge in [0.15, 0.2) is 0 Å². The van der Waals surface area contributed by atoms with E-state index < -0.39 is 6.09 Å². The van der Waals surface area contributed by atoms with E-state index in [1.807, 2.05) is 44.2 Å². The molecule has 2 unspecified atom stereocenters. The van der Waals surface area contributed by atoms with Crippen molar-refractivity contribution in [3.05, 3.63) is 35.9 Å². The normalized spacial score (nSPS) is 13.2. The Morgan fingerprint density at radius 1 is 1.15 bits per heavy atom. The first-order valence-corrected chi connectivity index (χ1v) is 6.59. The quantitative estimate of drug-likeness (QED) is 0.813. The van der Waals surface area contributed by atoms with Gasteiger partial charge in [-0.3, -0.25) is 4.79 Å². The van der Waals surface area contributed by atoms with Gasteiger partial charge in [0, 0.05) is 18.9 Å². The molecule has 0 fully saturated rings. The van der Waals surface area contributed by atoms with E-state index in [4.69, 9.17) is 9.47 Å². The molecule has 0 aliphatic rings. The molecule has 0 aliphatic carbocycles. The van der Waals surface area contributed by atoms with E-state index >= 15 is 0 Å². The number of alkyl carbamates (subject to hydrolysis) is 1. The Bertz CT molecular complexity index is 433. The lowest BCUT2D eigenvalue weighted by atomic mass is 10.1. The minimum absolute atomic E-state index is 0.0168. The van der Waals surface area contributed by atoms with Crippen LogP contribution in [0.3, 0.4) is 0 Å². The van der Waals surface area contributed by atoms with Gasteiger partial charge in [-0.2, -0.15) is 0 Å². The zero-order valence-electron chi connectivity index (χ0n) is 12.1. The van der Waals surface area contributed by atoms with E-state index in [9.17, 15) is 9.59 Å². The number of benzene rings is 1. The molecule has 20 heavy (non-hydrogen) atoms. The van der Waals surface area contributed by atoms with E-state index in [-0.39, 0.29) is 31.1 Å². The third-order valence-electron chi connectivity index (χ3n) is 2.96. The molecule has 110 valence electrons. The second-order valence-corrected chi connectivity index (χ2v) is 4.77. The van der Waals surface area contributed by atoms with E-state index in [2.05, 4.69) is 5.32 Å². The van der Waals surface area contributed by atoms with Crippen LogP contribution in [0.5, 0.6) is 0 Å². The summed E-state index contributed by atoms with van der Waals surface area (Å²) < 4.78 is 10.0. The molecule has 0 saturated heterocycles. The lowest BCUT2D eigenvalue weighted by Gasteiger charge is -2.20. The summed E-state index contributed by atoms with van der Waals surface area (Å²) in [7, 11) is 0. The fourth-order valence-corrected chi connectivity index (χ4v) is 1.49. The number of nitrogens with one attached hydrogen (secondary N) is 1. The first-order chi connectivity index (χ1) is 9.49. The van der Waals surface area contributed by atoms with E-state index in [1.165, 1.54) is 6.92 Å². The third-order valence-corrected chi connectivity index (χ3v) is 2.96. The Morgan fingerprint density at radius 2 is 1.80 bits per heavy atom. The van der Waals surface area contributed by atoms with Gasteiger partial charge >= 0.3 is 12.1 Å². The highest BCUT2D eigenvalue weighted by Crippen LogP contribution is 2.05.